The van der Waals surface area contributed by atoms with Crippen LogP contribution in [0.5, 0.6) is 0 Å². The van der Waals surface area contributed by atoms with E-state index in [4.69, 9.17) is 13.6 Å². The minimum Gasteiger partial charge on any atom is -0.460 e. The number of hydrogen-bond donors (Lipinski definition) is 1. The standard InChI is InChI=1S/C20H14FN5O3.C20H16FN5O2/c1-2-28-19(27)18-24-23-15-8-5-13(11-26(15)18)17-16(12-3-6-14(21)7-4-12)22-20-25(17)9-10-29-20;1-20(2,27)18-24-23-15-8-5-13(11-26(15)18)17-16(12-3-6-14(21)7-4-12)22-19-25(17)9-10-28-19/h3-11H,2H2,1H3;3-11,27H,1-2H3. The van der Waals surface area contributed by atoms with E-state index in [1.54, 1.807) is 89.2 Å². The van der Waals surface area contributed by atoms with Gasteiger partial charge in [-0.2, -0.15) is 9.97 Å². The van der Waals surface area contributed by atoms with Crippen molar-refractivity contribution in [1.82, 2.24) is 48.0 Å². The van der Waals surface area contributed by atoms with Crippen LogP contribution in [0.1, 0.15) is 37.2 Å². The minimum atomic E-state index is -1.15. The third kappa shape index (κ3) is 6.24. The minimum absolute atomic E-state index is 0.0833. The summed E-state index contributed by atoms with van der Waals surface area (Å²) in [5.74, 6) is 0.144. The molecule has 0 spiro atoms. The number of fused-ring (bicyclic) bond motifs is 4. The zero-order valence-corrected chi connectivity index (χ0v) is 30.4. The smallest absolute Gasteiger partial charge is 0.376 e. The van der Waals surface area contributed by atoms with E-state index < -0.39 is 11.6 Å². The highest BCUT2D eigenvalue weighted by atomic mass is 19.1. The molecule has 0 aliphatic heterocycles. The number of pyridine rings is 2. The second-order valence-corrected chi connectivity index (χ2v) is 13.4. The van der Waals surface area contributed by atoms with Crippen molar-refractivity contribution in [3.63, 3.8) is 0 Å². The molecule has 0 atom stereocenters. The van der Waals surface area contributed by atoms with Gasteiger partial charge in [0.1, 0.15) is 41.1 Å². The maximum Gasteiger partial charge on any atom is 0.376 e. The number of ether oxygens (including phenoxy) is 1. The number of esters is 1. The average Bonchev–Trinajstić information content (AvgIpc) is 4.04. The van der Waals surface area contributed by atoms with E-state index in [-0.39, 0.29) is 24.1 Å². The van der Waals surface area contributed by atoms with E-state index in [1.807, 2.05) is 28.8 Å². The highest BCUT2D eigenvalue weighted by Gasteiger charge is 2.25. The fourth-order valence-electron chi connectivity index (χ4n) is 6.55. The van der Waals surface area contributed by atoms with Crippen LogP contribution in [0, 0.1) is 11.6 Å². The van der Waals surface area contributed by atoms with Gasteiger partial charge in [0, 0.05) is 47.0 Å². The first kappa shape index (κ1) is 35.2. The maximum atomic E-state index is 13.4. The molecule has 0 fully saturated rings. The van der Waals surface area contributed by atoms with Gasteiger partial charge in [0.05, 0.1) is 18.0 Å². The third-order valence-electron chi connectivity index (χ3n) is 9.12. The number of carbonyl (C=O) groups is 1. The molecule has 8 aromatic heterocycles. The van der Waals surface area contributed by atoms with Crippen LogP contribution in [0.3, 0.4) is 0 Å². The Morgan fingerprint density at radius 2 is 1.14 bits per heavy atom. The number of rotatable bonds is 7. The Morgan fingerprint density at radius 3 is 1.65 bits per heavy atom. The van der Waals surface area contributed by atoms with Crippen LogP contribution in [0.15, 0.2) is 119 Å². The van der Waals surface area contributed by atoms with E-state index >= 15 is 0 Å². The number of hydrogen-bond acceptors (Lipinski definition) is 11. The van der Waals surface area contributed by atoms with Crippen LogP contribution in [-0.4, -0.2) is 65.6 Å². The Bertz CT molecular complexity index is 3070. The van der Waals surface area contributed by atoms with Crippen LogP contribution in [0.4, 0.5) is 8.78 Å². The predicted octanol–water partition coefficient (Wildman–Crippen LogP) is 7.29. The molecule has 0 amide bonds. The topological polar surface area (TPSA) is 168 Å². The van der Waals surface area contributed by atoms with Crippen molar-refractivity contribution < 1.29 is 32.3 Å². The summed E-state index contributed by atoms with van der Waals surface area (Å²) in [6.07, 6.45) is 10.2. The third-order valence-corrected chi connectivity index (χ3v) is 9.12. The molecule has 2 aromatic carbocycles. The van der Waals surface area contributed by atoms with E-state index in [0.717, 1.165) is 33.6 Å². The largest absolute Gasteiger partial charge is 0.460 e. The molecule has 0 bridgehead atoms. The second kappa shape index (κ2) is 13.6. The Balaban J connectivity index is 0.000000148. The molecule has 284 valence electrons. The van der Waals surface area contributed by atoms with E-state index in [0.29, 0.717) is 40.2 Å². The lowest BCUT2D eigenvalue weighted by Gasteiger charge is -2.15. The van der Waals surface area contributed by atoms with Crippen LogP contribution < -0.4 is 0 Å². The molecule has 0 unspecified atom stereocenters. The number of aromatic nitrogens is 10. The molecule has 0 saturated carbocycles. The fraction of sp³-hybridized carbons (Fsp3) is 0.125. The van der Waals surface area contributed by atoms with Crippen molar-refractivity contribution in [1.29, 1.82) is 0 Å². The van der Waals surface area contributed by atoms with Crippen molar-refractivity contribution in [2.45, 2.75) is 26.4 Å². The molecule has 17 heteroatoms. The molecule has 10 aromatic rings. The van der Waals surface area contributed by atoms with Gasteiger partial charge < -0.3 is 18.7 Å². The second-order valence-electron chi connectivity index (χ2n) is 13.4. The van der Waals surface area contributed by atoms with E-state index in [2.05, 4.69) is 30.4 Å². The summed E-state index contributed by atoms with van der Waals surface area (Å²) in [7, 11) is 0. The first-order valence-corrected chi connectivity index (χ1v) is 17.6. The molecule has 10 rings (SSSR count). The van der Waals surface area contributed by atoms with Crippen LogP contribution in [0.2, 0.25) is 0 Å². The van der Waals surface area contributed by atoms with E-state index in [9.17, 15) is 18.7 Å². The number of halogens is 2. The summed E-state index contributed by atoms with van der Waals surface area (Å²) in [5.41, 5.74) is 5.84. The number of nitrogens with zero attached hydrogens (tertiary/aromatic N) is 10. The number of carbonyl (C=O) groups excluding carboxylic acids is 1. The quantitative estimate of drug-likeness (QED) is 0.162. The predicted molar refractivity (Wildman–Crippen MR) is 201 cm³/mol. The lowest BCUT2D eigenvalue weighted by molar-refractivity contribution is 0.0510. The van der Waals surface area contributed by atoms with Crippen LogP contribution >= 0.6 is 0 Å². The van der Waals surface area contributed by atoms with Crippen LogP contribution in [0.25, 0.3) is 68.0 Å². The number of aliphatic hydroxyl groups is 1. The van der Waals surface area contributed by atoms with E-state index in [1.165, 1.54) is 30.5 Å². The summed E-state index contributed by atoms with van der Waals surface area (Å²) in [4.78, 5) is 21.3. The van der Waals surface area contributed by atoms with Crippen molar-refractivity contribution in [3.05, 3.63) is 133 Å². The summed E-state index contributed by atoms with van der Waals surface area (Å²) in [5, 5.41) is 26.6. The first-order valence-electron chi connectivity index (χ1n) is 17.6. The summed E-state index contributed by atoms with van der Waals surface area (Å²) >= 11 is 0. The van der Waals surface area contributed by atoms with Gasteiger partial charge in [-0.05, 0) is 93.6 Å². The Hall–Kier alpha value is -7.53. The average molecular weight is 769 g/mol. The zero-order valence-electron chi connectivity index (χ0n) is 30.4. The van der Waals surface area contributed by atoms with Crippen LogP contribution in [-0.2, 0) is 10.3 Å². The van der Waals surface area contributed by atoms with Gasteiger partial charge in [-0.25, -0.2) is 13.6 Å². The highest BCUT2D eigenvalue weighted by Crippen LogP contribution is 2.35. The lowest BCUT2D eigenvalue weighted by atomic mass is 10.1. The van der Waals surface area contributed by atoms with Gasteiger partial charge in [0.25, 0.3) is 0 Å². The summed E-state index contributed by atoms with van der Waals surface area (Å²) < 4.78 is 49.7. The molecule has 0 saturated heterocycles. The highest BCUT2D eigenvalue weighted by molar-refractivity contribution is 5.87. The molecule has 8 heterocycles. The number of benzene rings is 2. The molecular weight excluding hydrogens is 739 g/mol. The van der Waals surface area contributed by atoms with Gasteiger partial charge >= 0.3 is 17.7 Å². The van der Waals surface area contributed by atoms with Gasteiger partial charge in [-0.1, -0.05) is 0 Å². The summed E-state index contributed by atoms with van der Waals surface area (Å²) in [6, 6.07) is 19.5. The SMILES string of the molecule is CC(C)(O)c1nnc2ccc(-c3c(-c4ccc(F)cc4)nc4occn34)cn12.CCOC(=O)c1nnc2ccc(-c3c(-c4ccc(F)cc4)nc4occn34)cn12. The summed E-state index contributed by atoms with van der Waals surface area (Å²) in [6.45, 7) is 5.28. The molecule has 57 heavy (non-hydrogen) atoms. The fourth-order valence-corrected chi connectivity index (χ4v) is 6.55. The molecule has 0 aliphatic carbocycles. The number of imidazole rings is 2. The van der Waals surface area contributed by atoms with Gasteiger partial charge in [0.15, 0.2) is 17.1 Å². The van der Waals surface area contributed by atoms with Gasteiger partial charge in [-0.3, -0.25) is 17.6 Å². The Morgan fingerprint density at radius 1 is 0.667 bits per heavy atom. The van der Waals surface area contributed by atoms with Crippen molar-refractivity contribution in [3.8, 4) is 45.0 Å². The zero-order chi connectivity index (χ0) is 39.4. The van der Waals surface area contributed by atoms with Crippen molar-refractivity contribution in [2.24, 2.45) is 0 Å². The molecule has 15 nitrogen and oxygen atoms in total. The monoisotopic (exact) mass is 768 g/mol. The Labute approximate surface area is 320 Å². The normalized spacial score (nSPS) is 11.8. The first-order chi connectivity index (χ1) is 27.6. The lowest BCUT2D eigenvalue weighted by Crippen LogP contribution is -2.19. The molecule has 1 N–H and O–H groups in total. The number of oxazole rings is 2. The molecule has 0 aliphatic rings. The molecular formula is C40H30F2N10O5. The Kier molecular flexibility index (Phi) is 8.42. The van der Waals surface area contributed by atoms with Crippen molar-refractivity contribution in [2.75, 3.05) is 6.61 Å². The van der Waals surface area contributed by atoms with Crippen molar-refractivity contribution >= 4 is 29.0 Å². The maximum absolute atomic E-state index is 13.4. The molecule has 0 radical (unpaired) electrons. The van der Waals surface area contributed by atoms with Gasteiger partial charge in [0.2, 0.25) is 5.82 Å². The van der Waals surface area contributed by atoms with Gasteiger partial charge in [-0.15, -0.1) is 20.4 Å².